The molecule has 0 saturated heterocycles. The first-order valence-corrected chi connectivity index (χ1v) is 8.24. The number of aryl methyl sites for hydroxylation is 1. The molecule has 0 atom stereocenters. The van der Waals surface area contributed by atoms with E-state index >= 15 is 0 Å². The number of nitrogens with zero attached hydrogens (tertiary/aromatic N) is 3. The standard InChI is InChI=1S/C16H24N4O/c1-15(2)11-5-7-16(15,8-6-11)10-17-13-14(21)20-9-3-4-12(20)18-19-13/h11H,3-10H2,1-2H3,(H,17,19). The van der Waals surface area contributed by atoms with E-state index in [1.165, 1.54) is 25.7 Å². The molecule has 0 spiro atoms. The van der Waals surface area contributed by atoms with Crippen molar-refractivity contribution in [3.8, 4) is 0 Å². The van der Waals surface area contributed by atoms with Crippen LogP contribution in [0.2, 0.25) is 0 Å². The van der Waals surface area contributed by atoms with Crippen LogP contribution >= 0.6 is 0 Å². The third kappa shape index (κ3) is 1.72. The Bertz CT molecular complexity index is 626. The summed E-state index contributed by atoms with van der Waals surface area (Å²) in [6, 6.07) is 0. The molecule has 1 aromatic rings. The first-order valence-electron chi connectivity index (χ1n) is 8.24. The van der Waals surface area contributed by atoms with Crippen molar-refractivity contribution in [3.63, 3.8) is 0 Å². The van der Waals surface area contributed by atoms with Crippen molar-refractivity contribution in [2.75, 3.05) is 11.9 Å². The monoisotopic (exact) mass is 288 g/mol. The maximum absolute atomic E-state index is 12.4. The van der Waals surface area contributed by atoms with Gasteiger partial charge in [-0.1, -0.05) is 13.8 Å². The van der Waals surface area contributed by atoms with Crippen molar-refractivity contribution in [2.45, 2.75) is 58.9 Å². The highest BCUT2D eigenvalue weighted by Crippen LogP contribution is 2.65. The van der Waals surface area contributed by atoms with Gasteiger partial charge in [-0.2, -0.15) is 0 Å². The molecule has 0 aromatic carbocycles. The van der Waals surface area contributed by atoms with Gasteiger partial charge in [-0.15, -0.1) is 10.2 Å². The molecular formula is C16H24N4O. The minimum atomic E-state index is 0.0132. The molecule has 1 N–H and O–H groups in total. The summed E-state index contributed by atoms with van der Waals surface area (Å²) in [5.41, 5.74) is 0.717. The quantitative estimate of drug-likeness (QED) is 0.926. The van der Waals surface area contributed by atoms with Gasteiger partial charge < -0.3 is 5.32 Å². The van der Waals surface area contributed by atoms with Gasteiger partial charge in [0.1, 0.15) is 5.82 Å². The van der Waals surface area contributed by atoms with E-state index in [0.717, 1.165) is 37.7 Å². The molecule has 3 aliphatic rings. The first-order chi connectivity index (χ1) is 10.0. The fourth-order valence-electron chi connectivity index (χ4n) is 5.00. The lowest BCUT2D eigenvalue weighted by molar-refractivity contribution is 0.143. The second-order valence-corrected chi connectivity index (χ2v) is 7.66. The summed E-state index contributed by atoms with van der Waals surface area (Å²) in [7, 11) is 0. The molecule has 1 aromatic heterocycles. The summed E-state index contributed by atoms with van der Waals surface area (Å²) in [5, 5.41) is 11.7. The summed E-state index contributed by atoms with van der Waals surface area (Å²) in [5.74, 6) is 2.14. The van der Waals surface area contributed by atoms with Crippen molar-refractivity contribution in [1.82, 2.24) is 14.8 Å². The lowest BCUT2D eigenvalue weighted by Gasteiger charge is -2.38. The average Bonchev–Trinajstić information content (AvgIpc) is 3.10. The van der Waals surface area contributed by atoms with Crippen LogP contribution < -0.4 is 10.9 Å². The van der Waals surface area contributed by atoms with Gasteiger partial charge in [0.25, 0.3) is 5.56 Å². The second kappa shape index (κ2) is 4.31. The van der Waals surface area contributed by atoms with Gasteiger partial charge in [0.05, 0.1) is 0 Å². The van der Waals surface area contributed by atoms with Crippen LogP contribution in [0.3, 0.4) is 0 Å². The van der Waals surface area contributed by atoms with E-state index in [1.807, 2.05) is 0 Å². The van der Waals surface area contributed by atoms with Crippen molar-refractivity contribution >= 4 is 5.82 Å². The van der Waals surface area contributed by atoms with Gasteiger partial charge in [0.2, 0.25) is 5.82 Å². The predicted octanol–water partition coefficient (Wildman–Crippen LogP) is 2.21. The van der Waals surface area contributed by atoms with E-state index in [9.17, 15) is 4.79 Å². The highest BCUT2D eigenvalue weighted by atomic mass is 16.1. The van der Waals surface area contributed by atoms with Gasteiger partial charge >= 0.3 is 0 Å². The third-order valence-corrected chi connectivity index (χ3v) is 6.73. The average molecular weight is 288 g/mol. The molecule has 4 rings (SSSR count). The number of nitrogens with one attached hydrogen (secondary N) is 1. The number of hydrogen-bond donors (Lipinski definition) is 1. The van der Waals surface area contributed by atoms with Crippen LogP contribution in [0, 0.1) is 16.7 Å². The lowest BCUT2D eigenvalue weighted by atomic mass is 9.69. The molecular weight excluding hydrogens is 264 g/mol. The Morgan fingerprint density at radius 3 is 2.71 bits per heavy atom. The van der Waals surface area contributed by atoms with Crippen LogP contribution in [0.5, 0.6) is 0 Å². The normalized spacial score (nSPS) is 32.4. The second-order valence-electron chi connectivity index (χ2n) is 7.66. The van der Waals surface area contributed by atoms with Crippen molar-refractivity contribution < 1.29 is 0 Å². The zero-order valence-electron chi connectivity index (χ0n) is 13.0. The van der Waals surface area contributed by atoms with E-state index in [4.69, 9.17) is 0 Å². The van der Waals surface area contributed by atoms with E-state index < -0.39 is 0 Å². The zero-order chi connectivity index (χ0) is 14.7. The van der Waals surface area contributed by atoms with Crippen LogP contribution in [-0.4, -0.2) is 21.3 Å². The molecule has 114 valence electrons. The Balaban J connectivity index is 1.57. The van der Waals surface area contributed by atoms with Crippen LogP contribution in [0.15, 0.2) is 4.79 Å². The maximum atomic E-state index is 12.4. The van der Waals surface area contributed by atoms with Gasteiger partial charge in [0, 0.05) is 19.5 Å². The Labute approximate surface area is 125 Å². The summed E-state index contributed by atoms with van der Waals surface area (Å²) in [6.07, 6.45) is 7.11. The van der Waals surface area contributed by atoms with Crippen molar-refractivity contribution in [3.05, 3.63) is 16.2 Å². The highest BCUT2D eigenvalue weighted by Gasteiger charge is 2.58. The molecule has 2 fully saturated rings. The molecule has 0 unspecified atom stereocenters. The number of aromatic nitrogens is 3. The van der Waals surface area contributed by atoms with Gasteiger partial charge in [-0.3, -0.25) is 9.36 Å². The molecule has 2 aliphatic carbocycles. The Morgan fingerprint density at radius 2 is 2.05 bits per heavy atom. The smallest absolute Gasteiger partial charge is 0.296 e. The van der Waals surface area contributed by atoms with E-state index in [0.29, 0.717) is 16.6 Å². The first kappa shape index (κ1) is 13.3. The molecule has 2 bridgehead atoms. The minimum absolute atomic E-state index is 0.0132. The summed E-state index contributed by atoms with van der Waals surface area (Å²) in [4.78, 5) is 12.4. The topological polar surface area (TPSA) is 59.8 Å². The van der Waals surface area contributed by atoms with Gasteiger partial charge in [-0.25, -0.2) is 0 Å². The van der Waals surface area contributed by atoms with E-state index in [2.05, 4.69) is 29.4 Å². The molecule has 1 aliphatic heterocycles. The SMILES string of the molecule is CC1(C)C2CCC1(CNc1nnc3n(c1=O)CCC3)CC2. The number of anilines is 1. The summed E-state index contributed by atoms with van der Waals surface area (Å²) >= 11 is 0. The predicted molar refractivity (Wildman–Crippen MR) is 81.3 cm³/mol. The van der Waals surface area contributed by atoms with Crippen LogP contribution in [-0.2, 0) is 13.0 Å². The molecule has 2 saturated carbocycles. The molecule has 0 radical (unpaired) electrons. The number of fused-ring (bicyclic) bond motifs is 3. The Kier molecular flexibility index (Phi) is 2.72. The molecule has 21 heavy (non-hydrogen) atoms. The van der Waals surface area contributed by atoms with E-state index in [1.54, 1.807) is 4.57 Å². The van der Waals surface area contributed by atoms with Gasteiger partial charge in [0.15, 0.2) is 0 Å². The third-order valence-electron chi connectivity index (χ3n) is 6.73. The zero-order valence-corrected chi connectivity index (χ0v) is 13.0. The maximum Gasteiger partial charge on any atom is 0.296 e. The lowest BCUT2D eigenvalue weighted by Crippen LogP contribution is -2.38. The summed E-state index contributed by atoms with van der Waals surface area (Å²) in [6.45, 7) is 6.46. The number of rotatable bonds is 3. The van der Waals surface area contributed by atoms with Crippen LogP contribution in [0.25, 0.3) is 0 Å². The summed E-state index contributed by atoms with van der Waals surface area (Å²) < 4.78 is 1.78. The van der Waals surface area contributed by atoms with E-state index in [-0.39, 0.29) is 5.56 Å². The minimum Gasteiger partial charge on any atom is -0.363 e. The molecule has 5 nitrogen and oxygen atoms in total. The fourth-order valence-corrected chi connectivity index (χ4v) is 5.00. The van der Waals surface area contributed by atoms with Crippen LogP contribution in [0.1, 0.15) is 51.8 Å². The fraction of sp³-hybridized carbons (Fsp3) is 0.812. The molecule has 0 amide bonds. The van der Waals surface area contributed by atoms with Crippen LogP contribution in [0.4, 0.5) is 5.82 Å². The largest absolute Gasteiger partial charge is 0.363 e. The molecule has 5 heteroatoms. The van der Waals surface area contributed by atoms with Gasteiger partial charge in [-0.05, 0) is 48.9 Å². The number of hydrogen-bond acceptors (Lipinski definition) is 4. The highest BCUT2D eigenvalue weighted by molar-refractivity contribution is 5.32. The van der Waals surface area contributed by atoms with Crippen molar-refractivity contribution in [1.29, 1.82) is 0 Å². The Morgan fingerprint density at radius 1 is 1.29 bits per heavy atom. The molecule has 2 heterocycles. The van der Waals surface area contributed by atoms with Crippen molar-refractivity contribution in [2.24, 2.45) is 16.7 Å². The Hall–Kier alpha value is -1.39.